The third kappa shape index (κ3) is 4.92. The van der Waals surface area contributed by atoms with Gasteiger partial charge >= 0.3 is 0 Å². The van der Waals surface area contributed by atoms with Gasteiger partial charge in [0, 0.05) is 43.7 Å². The second kappa shape index (κ2) is 9.44. The molecule has 0 bridgehead atoms. The van der Waals surface area contributed by atoms with Gasteiger partial charge in [0.15, 0.2) is 11.7 Å². The predicted octanol–water partition coefficient (Wildman–Crippen LogP) is 2.10. The summed E-state index contributed by atoms with van der Waals surface area (Å²) in [5.41, 5.74) is 10.9. The van der Waals surface area contributed by atoms with E-state index in [1.165, 1.54) is 0 Å². The van der Waals surface area contributed by atoms with E-state index in [4.69, 9.17) is 5.73 Å². The summed E-state index contributed by atoms with van der Waals surface area (Å²) in [6.07, 6.45) is 0. The summed E-state index contributed by atoms with van der Waals surface area (Å²) in [6, 6.07) is 16.0. The molecule has 0 amide bonds. The number of piperazine rings is 1. The van der Waals surface area contributed by atoms with Crippen LogP contribution in [0.1, 0.15) is 16.8 Å². The Labute approximate surface area is 181 Å². The van der Waals surface area contributed by atoms with Gasteiger partial charge in [-0.15, -0.1) is 10.2 Å². The average Bonchev–Trinajstić information content (AvgIpc) is 3.20. The molecule has 1 aromatic heterocycles. The standard InChI is InChI=1S/C23H28N8/c1-16-20-14-19(8-9-21(20)28-27-16)22(24)29-30-23(17(2)31-12-10-25-11-13-31)26-15-18-6-4-3-5-7-18/h3-9,14,25H,2,10-13,15H2,1H3,(H2,24,29)(H,26,30)(H,27,28). The summed E-state index contributed by atoms with van der Waals surface area (Å²) in [7, 11) is 0. The largest absolute Gasteiger partial charge is 0.382 e. The minimum atomic E-state index is 0.342. The van der Waals surface area contributed by atoms with E-state index in [-0.39, 0.29) is 0 Å². The number of H-pyrrole nitrogens is 1. The van der Waals surface area contributed by atoms with Crippen molar-refractivity contribution in [2.24, 2.45) is 15.9 Å². The monoisotopic (exact) mass is 416 g/mol. The predicted molar refractivity (Wildman–Crippen MR) is 126 cm³/mol. The highest BCUT2D eigenvalue weighted by atomic mass is 15.3. The number of rotatable bonds is 6. The molecule has 8 nitrogen and oxygen atoms in total. The number of hydrogen-bond donors (Lipinski definition) is 4. The minimum absolute atomic E-state index is 0.342. The summed E-state index contributed by atoms with van der Waals surface area (Å²) < 4.78 is 0. The molecule has 1 fully saturated rings. The third-order valence-electron chi connectivity index (χ3n) is 5.38. The van der Waals surface area contributed by atoms with Crippen molar-refractivity contribution in [2.75, 3.05) is 26.2 Å². The van der Waals surface area contributed by atoms with Crippen molar-refractivity contribution >= 4 is 22.6 Å². The van der Waals surface area contributed by atoms with Crippen LogP contribution in [0.5, 0.6) is 0 Å². The topological polar surface area (TPSA) is 107 Å². The highest BCUT2D eigenvalue weighted by Crippen LogP contribution is 2.17. The van der Waals surface area contributed by atoms with Crippen molar-refractivity contribution in [1.82, 2.24) is 25.7 Å². The van der Waals surface area contributed by atoms with Crippen LogP contribution >= 0.6 is 0 Å². The van der Waals surface area contributed by atoms with Crippen LogP contribution in [0.2, 0.25) is 0 Å². The molecule has 3 aromatic rings. The lowest BCUT2D eigenvalue weighted by atomic mass is 10.1. The number of aromatic nitrogens is 2. The van der Waals surface area contributed by atoms with Gasteiger partial charge in [0.25, 0.3) is 0 Å². The van der Waals surface area contributed by atoms with E-state index in [9.17, 15) is 0 Å². The Hall–Kier alpha value is -3.65. The fourth-order valence-corrected chi connectivity index (χ4v) is 3.53. The van der Waals surface area contributed by atoms with Gasteiger partial charge < -0.3 is 21.3 Å². The molecule has 0 saturated carbocycles. The van der Waals surface area contributed by atoms with E-state index in [1.807, 2.05) is 43.3 Å². The van der Waals surface area contributed by atoms with Gasteiger partial charge in [0.05, 0.1) is 16.9 Å². The molecule has 0 spiro atoms. The van der Waals surface area contributed by atoms with Gasteiger partial charge in [0.1, 0.15) is 0 Å². The first-order chi connectivity index (χ1) is 15.1. The normalized spacial score (nSPS) is 15.3. The van der Waals surface area contributed by atoms with Gasteiger partial charge in [-0.25, -0.2) is 0 Å². The summed E-state index contributed by atoms with van der Waals surface area (Å²) in [6.45, 7) is 10.4. The van der Waals surface area contributed by atoms with Crippen LogP contribution in [0.4, 0.5) is 0 Å². The van der Waals surface area contributed by atoms with Gasteiger partial charge in [-0.2, -0.15) is 5.10 Å². The smallest absolute Gasteiger partial charge is 0.171 e. The van der Waals surface area contributed by atoms with Crippen LogP contribution in [0.15, 0.2) is 71.0 Å². The summed E-state index contributed by atoms with van der Waals surface area (Å²) in [4.78, 5) is 2.21. The van der Waals surface area contributed by atoms with Gasteiger partial charge in [-0.1, -0.05) is 36.9 Å². The SMILES string of the molecule is C=C(/C(=N\N=C(/N)c1ccc2[nH]nc(C)c2c1)NCc1ccccc1)N1CCNCC1. The summed E-state index contributed by atoms with van der Waals surface area (Å²) >= 11 is 0. The van der Waals surface area contributed by atoms with Gasteiger partial charge in [0.2, 0.25) is 0 Å². The molecule has 5 N–H and O–H groups in total. The number of nitrogens with zero attached hydrogens (tertiary/aromatic N) is 4. The molecule has 0 unspecified atom stereocenters. The number of fused-ring (bicyclic) bond motifs is 1. The fraction of sp³-hybridized carbons (Fsp3) is 0.261. The molecular formula is C23H28N8. The highest BCUT2D eigenvalue weighted by molar-refractivity contribution is 6.02. The molecule has 0 aliphatic carbocycles. The summed E-state index contributed by atoms with van der Waals surface area (Å²) in [5.74, 6) is 0.962. The number of nitrogens with two attached hydrogens (primary N) is 1. The first kappa shape index (κ1) is 20.6. The van der Waals surface area contributed by atoms with Crippen molar-refractivity contribution < 1.29 is 0 Å². The number of aromatic amines is 1. The Bertz CT molecular complexity index is 1110. The molecule has 31 heavy (non-hydrogen) atoms. The zero-order valence-electron chi connectivity index (χ0n) is 17.7. The van der Waals surface area contributed by atoms with E-state index >= 15 is 0 Å². The summed E-state index contributed by atoms with van der Waals surface area (Å²) in [5, 5.41) is 23.8. The number of nitrogens with one attached hydrogen (secondary N) is 3. The zero-order chi connectivity index (χ0) is 21.6. The molecule has 2 aromatic carbocycles. The van der Waals surface area contributed by atoms with E-state index in [0.717, 1.165) is 59.6 Å². The van der Waals surface area contributed by atoms with Crippen LogP contribution in [0.25, 0.3) is 10.9 Å². The average molecular weight is 417 g/mol. The fourth-order valence-electron chi connectivity index (χ4n) is 3.53. The van der Waals surface area contributed by atoms with Crippen molar-refractivity contribution in [3.05, 3.63) is 77.6 Å². The Kier molecular flexibility index (Phi) is 6.28. The quantitative estimate of drug-likeness (QED) is 0.280. The van der Waals surface area contributed by atoms with Crippen LogP contribution in [0.3, 0.4) is 0 Å². The zero-order valence-corrected chi connectivity index (χ0v) is 17.7. The van der Waals surface area contributed by atoms with Crippen LogP contribution in [0, 0.1) is 6.92 Å². The maximum absolute atomic E-state index is 6.27. The lowest BCUT2D eigenvalue weighted by Gasteiger charge is -2.31. The van der Waals surface area contributed by atoms with Gasteiger partial charge in [-0.05, 0) is 30.7 Å². The number of hydrogen-bond acceptors (Lipinski definition) is 5. The first-order valence-electron chi connectivity index (χ1n) is 10.4. The van der Waals surface area contributed by atoms with Gasteiger partial charge in [-0.3, -0.25) is 5.10 Å². The molecular weight excluding hydrogens is 388 g/mol. The van der Waals surface area contributed by atoms with E-state index in [0.29, 0.717) is 18.2 Å². The Morgan fingerprint density at radius 2 is 1.94 bits per heavy atom. The number of benzene rings is 2. The number of amidine groups is 2. The highest BCUT2D eigenvalue weighted by Gasteiger charge is 2.16. The lowest BCUT2D eigenvalue weighted by molar-refractivity contribution is 0.311. The molecule has 1 aliphatic rings. The third-order valence-corrected chi connectivity index (χ3v) is 5.38. The molecule has 0 atom stereocenters. The minimum Gasteiger partial charge on any atom is -0.382 e. The van der Waals surface area contributed by atoms with Crippen LogP contribution < -0.4 is 16.4 Å². The van der Waals surface area contributed by atoms with Crippen molar-refractivity contribution in [1.29, 1.82) is 0 Å². The molecule has 160 valence electrons. The molecule has 4 rings (SSSR count). The number of aryl methyl sites for hydroxylation is 1. The van der Waals surface area contributed by atoms with Crippen molar-refractivity contribution in [2.45, 2.75) is 13.5 Å². The molecule has 8 heteroatoms. The first-order valence-corrected chi connectivity index (χ1v) is 10.4. The van der Waals surface area contributed by atoms with E-state index in [1.54, 1.807) is 0 Å². The van der Waals surface area contributed by atoms with Crippen molar-refractivity contribution in [3.8, 4) is 0 Å². The lowest BCUT2D eigenvalue weighted by Crippen LogP contribution is -2.45. The molecule has 0 radical (unpaired) electrons. The van der Waals surface area contributed by atoms with Crippen molar-refractivity contribution in [3.63, 3.8) is 0 Å². The Morgan fingerprint density at radius 3 is 2.71 bits per heavy atom. The van der Waals surface area contributed by atoms with Crippen LogP contribution in [-0.2, 0) is 6.54 Å². The molecule has 2 heterocycles. The second-order valence-corrected chi connectivity index (χ2v) is 7.53. The van der Waals surface area contributed by atoms with Crippen LogP contribution in [-0.4, -0.2) is 52.9 Å². The van der Waals surface area contributed by atoms with E-state index < -0.39 is 0 Å². The second-order valence-electron chi connectivity index (χ2n) is 7.53. The molecule has 1 aliphatic heterocycles. The van der Waals surface area contributed by atoms with E-state index in [2.05, 4.69) is 54.6 Å². The Morgan fingerprint density at radius 1 is 1.16 bits per heavy atom. The Balaban J connectivity index is 1.58. The maximum Gasteiger partial charge on any atom is 0.171 e. The maximum atomic E-state index is 6.27. The molecule has 1 saturated heterocycles.